The number of nitrogens with two attached hydrogens (primary N) is 5. The number of aromatic amines is 1. The third kappa shape index (κ3) is 13.2. The number of H-pyrrole nitrogens is 1. The van der Waals surface area contributed by atoms with Gasteiger partial charge >= 0.3 is 5.97 Å². The highest BCUT2D eigenvalue weighted by atomic mass is 16.4. The van der Waals surface area contributed by atoms with E-state index in [1.165, 1.54) is 12.5 Å². The molecule has 0 aliphatic heterocycles. The van der Waals surface area contributed by atoms with E-state index >= 15 is 0 Å². The van der Waals surface area contributed by atoms with Gasteiger partial charge in [0.25, 0.3) is 0 Å². The Morgan fingerprint density at radius 1 is 0.923 bits per heavy atom. The topological polar surface area (TPSA) is 313 Å². The lowest BCUT2D eigenvalue weighted by Gasteiger charge is -2.24. The number of rotatable bonds is 19. The van der Waals surface area contributed by atoms with Gasteiger partial charge in [-0.3, -0.25) is 24.2 Å². The summed E-state index contributed by atoms with van der Waals surface area (Å²) in [6.07, 6.45) is 3.93. The number of carboxylic acid groups (broad SMARTS) is 1. The van der Waals surface area contributed by atoms with Crippen LogP contribution in [-0.2, 0) is 30.4 Å². The number of carbonyl (C=O) groups excluding carboxylic acids is 4. The average molecular weight is 554 g/mol. The van der Waals surface area contributed by atoms with Crippen molar-refractivity contribution < 1.29 is 29.1 Å². The fourth-order valence-corrected chi connectivity index (χ4v) is 3.46. The Morgan fingerprint density at radius 2 is 1.56 bits per heavy atom. The van der Waals surface area contributed by atoms with Crippen LogP contribution in [0.3, 0.4) is 0 Å². The maximum absolute atomic E-state index is 13.1. The number of hydrogen-bond acceptors (Lipinski definition) is 9. The summed E-state index contributed by atoms with van der Waals surface area (Å²) in [6.45, 7) is 0.599. The summed E-state index contributed by atoms with van der Waals surface area (Å²) < 4.78 is 0. The van der Waals surface area contributed by atoms with E-state index in [9.17, 15) is 29.1 Å². The Kier molecular flexibility index (Phi) is 14.5. The van der Waals surface area contributed by atoms with E-state index in [0.717, 1.165) is 0 Å². The lowest BCUT2D eigenvalue weighted by molar-refractivity contribution is -0.142. The first-order chi connectivity index (χ1) is 18.4. The summed E-state index contributed by atoms with van der Waals surface area (Å²) in [5.41, 5.74) is 27.7. The zero-order chi connectivity index (χ0) is 29.4. The number of nitrogens with one attached hydrogen (secondary N) is 4. The molecule has 4 amide bonds. The summed E-state index contributed by atoms with van der Waals surface area (Å²) in [5.74, 6) is -4.80. The SMILES string of the molecule is NCCCCC(N)C(=O)NC(CCCN=C(N)N)C(=O)NC(CC(N)=O)C(=O)NC(Cc1cnc[nH]1)C(=O)O. The van der Waals surface area contributed by atoms with Crippen LogP contribution in [-0.4, -0.2) is 87.9 Å². The molecule has 0 spiro atoms. The van der Waals surface area contributed by atoms with Crippen LogP contribution in [0.15, 0.2) is 17.5 Å². The molecule has 17 heteroatoms. The summed E-state index contributed by atoms with van der Waals surface area (Å²) >= 11 is 0. The zero-order valence-corrected chi connectivity index (χ0v) is 21.6. The summed E-state index contributed by atoms with van der Waals surface area (Å²) in [7, 11) is 0. The highest BCUT2D eigenvalue weighted by Gasteiger charge is 2.31. The van der Waals surface area contributed by atoms with E-state index in [2.05, 4.69) is 30.9 Å². The van der Waals surface area contributed by atoms with E-state index in [1.807, 2.05) is 0 Å². The highest BCUT2D eigenvalue weighted by molar-refractivity contribution is 5.96. The molecule has 0 aromatic carbocycles. The molecule has 39 heavy (non-hydrogen) atoms. The third-order valence-corrected chi connectivity index (χ3v) is 5.52. The normalized spacial score (nSPS) is 13.8. The zero-order valence-electron chi connectivity index (χ0n) is 21.6. The van der Waals surface area contributed by atoms with Gasteiger partial charge in [-0.1, -0.05) is 6.42 Å². The van der Waals surface area contributed by atoms with Crippen molar-refractivity contribution in [2.45, 2.75) is 69.1 Å². The van der Waals surface area contributed by atoms with Gasteiger partial charge in [-0.15, -0.1) is 0 Å². The molecule has 4 atom stereocenters. The maximum atomic E-state index is 13.1. The van der Waals surface area contributed by atoms with Crippen LogP contribution in [0.25, 0.3) is 0 Å². The van der Waals surface area contributed by atoms with Gasteiger partial charge in [-0.2, -0.15) is 0 Å². The number of nitrogens with zero attached hydrogens (tertiary/aromatic N) is 2. The van der Waals surface area contributed by atoms with Gasteiger partial charge in [0.1, 0.15) is 18.1 Å². The molecular formula is C22H39N11O6. The van der Waals surface area contributed by atoms with Crippen molar-refractivity contribution in [3.05, 3.63) is 18.2 Å². The second-order valence-corrected chi connectivity index (χ2v) is 8.81. The van der Waals surface area contributed by atoms with E-state index in [-0.39, 0.29) is 31.8 Å². The number of aliphatic imine (C=N–C) groups is 1. The monoisotopic (exact) mass is 553 g/mol. The van der Waals surface area contributed by atoms with Crippen LogP contribution in [0.1, 0.15) is 44.2 Å². The minimum atomic E-state index is -1.52. The van der Waals surface area contributed by atoms with Crippen molar-refractivity contribution in [1.82, 2.24) is 25.9 Å². The van der Waals surface area contributed by atoms with Gasteiger partial charge in [-0.05, 0) is 32.2 Å². The summed E-state index contributed by atoms with van der Waals surface area (Å²) in [5, 5.41) is 16.7. The molecule has 1 aromatic rings. The quantitative estimate of drug-likeness (QED) is 0.0445. The first-order valence-corrected chi connectivity index (χ1v) is 12.3. The second kappa shape index (κ2) is 17.3. The predicted octanol–water partition coefficient (Wildman–Crippen LogP) is -4.12. The van der Waals surface area contributed by atoms with Crippen molar-refractivity contribution in [2.75, 3.05) is 13.1 Å². The van der Waals surface area contributed by atoms with Crippen LogP contribution in [0.5, 0.6) is 0 Å². The molecule has 0 aliphatic carbocycles. The first-order valence-electron chi connectivity index (χ1n) is 12.3. The molecule has 1 heterocycles. The maximum Gasteiger partial charge on any atom is 0.326 e. The molecule has 0 bridgehead atoms. The predicted molar refractivity (Wildman–Crippen MR) is 140 cm³/mol. The van der Waals surface area contributed by atoms with Crippen molar-refractivity contribution in [3.8, 4) is 0 Å². The lowest BCUT2D eigenvalue weighted by atomic mass is 10.1. The molecule has 218 valence electrons. The van der Waals surface area contributed by atoms with E-state index < -0.39 is 60.2 Å². The van der Waals surface area contributed by atoms with Gasteiger partial charge < -0.3 is 54.7 Å². The fourth-order valence-electron chi connectivity index (χ4n) is 3.46. The van der Waals surface area contributed by atoms with Gasteiger partial charge in [0, 0.05) is 24.9 Å². The van der Waals surface area contributed by atoms with Gasteiger partial charge in [0.2, 0.25) is 23.6 Å². The number of guanidine groups is 1. The Labute approximate surface area is 225 Å². The first kappa shape index (κ1) is 32.8. The molecule has 0 radical (unpaired) electrons. The number of amides is 4. The Morgan fingerprint density at radius 3 is 2.13 bits per heavy atom. The van der Waals surface area contributed by atoms with Crippen molar-refractivity contribution in [1.29, 1.82) is 0 Å². The highest BCUT2D eigenvalue weighted by Crippen LogP contribution is 2.05. The number of hydrogen-bond donors (Lipinski definition) is 10. The number of imidazole rings is 1. The second-order valence-electron chi connectivity index (χ2n) is 8.81. The van der Waals surface area contributed by atoms with Crippen LogP contribution in [0.2, 0.25) is 0 Å². The Bertz CT molecular complexity index is 981. The molecule has 0 saturated heterocycles. The van der Waals surface area contributed by atoms with E-state index in [4.69, 9.17) is 28.7 Å². The molecule has 0 aliphatic rings. The standard InChI is InChI=1S/C22H39N11O6/c23-6-2-1-4-13(24)18(35)31-14(5-3-7-29-22(26)27)19(36)32-15(9-17(25)34)20(37)33-16(21(38)39)8-12-10-28-11-30-12/h10-11,13-16H,1-9,23-24H2,(H2,25,34)(H,28,30)(H,31,35)(H,32,36)(H,33,37)(H,38,39)(H4,26,27,29). The molecule has 0 fully saturated rings. The number of aliphatic carboxylic acids is 1. The number of primary amides is 1. The van der Waals surface area contributed by atoms with Gasteiger partial charge in [-0.25, -0.2) is 9.78 Å². The van der Waals surface area contributed by atoms with Gasteiger partial charge in [0.05, 0.1) is 18.8 Å². The molecule has 17 nitrogen and oxygen atoms in total. The van der Waals surface area contributed by atoms with E-state index in [0.29, 0.717) is 31.5 Å². The smallest absolute Gasteiger partial charge is 0.326 e. The van der Waals surface area contributed by atoms with Crippen molar-refractivity contribution in [2.24, 2.45) is 33.7 Å². The third-order valence-electron chi connectivity index (χ3n) is 5.52. The minimum absolute atomic E-state index is 0.0619. The number of carbonyl (C=O) groups is 5. The average Bonchev–Trinajstić information content (AvgIpc) is 3.37. The molecule has 1 aromatic heterocycles. The largest absolute Gasteiger partial charge is 0.480 e. The van der Waals surface area contributed by atoms with Gasteiger partial charge in [0.15, 0.2) is 5.96 Å². The summed E-state index contributed by atoms with van der Waals surface area (Å²) in [4.78, 5) is 72.3. The molecule has 4 unspecified atom stereocenters. The van der Waals surface area contributed by atoms with Crippen LogP contribution < -0.4 is 44.6 Å². The fraction of sp³-hybridized carbons (Fsp3) is 0.591. The number of aromatic nitrogens is 2. The molecular weight excluding hydrogens is 514 g/mol. The Hall–Kier alpha value is -4.25. The number of unbranched alkanes of at least 4 members (excludes halogenated alkanes) is 1. The molecule has 0 saturated carbocycles. The number of carboxylic acids is 1. The summed E-state index contributed by atoms with van der Waals surface area (Å²) in [6, 6.07) is -5.00. The van der Waals surface area contributed by atoms with Crippen LogP contribution in [0.4, 0.5) is 0 Å². The Balaban J connectivity index is 3.00. The minimum Gasteiger partial charge on any atom is -0.480 e. The van der Waals surface area contributed by atoms with Crippen molar-refractivity contribution in [3.63, 3.8) is 0 Å². The van der Waals surface area contributed by atoms with Crippen LogP contribution >= 0.6 is 0 Å². The van der Waals surface area contributed by atoms with Crippen molar-refractivity contribution >= 4 is 35.6 Å². The molecule has 15 N–H and O–H groups in total. The molecule has 1 rings (SSSR count). The van der Waals surface area contributed by atoms with Crippen LogP contribution in [0, 0.1) is 0 Å². The van der Waals surface area contributed by atoms with E-state index in [1.54, 1.807) is 0 Å². The lowest BCUT2D eigenvalue weighted by Crippen LogP contribution is -2.58.